The first-order chi connectivity index (χ1) is 15.1. The average molecular weight is 422 g/mol. The van der Waals surface area contributed by atoms with E-state index in [0.29, 0.717) is 37.0 Å². The van der Waals surface area contributed by atoms with Gasteiger partial charge in [0.15, 0.2) is 0 Å². The van der Waals surface area contributed by atoms with E-state index >= 15 is 0 Å². The van der Waals surface area contributed by atoms with Crippen molar-refractivity contribution in [3.05, 3.63) is 48.3 Å². The molecule has 0 radical (unpaired) electrons. The number of H-pyrrole nitrogens is 1. The number of hydrogen-bond donors (Lipinski definition) is 2. The second-order valence-corrected chi connectivity index (χ2v) is 7.96. The number of aromatic nitrogens is 2. The van der Waals surface area contributed by atoms with Crippen molar-refractivity contribution in [3.63, 3.8) is 0 Å². The lowest BCUT2D eigenvalue weighted by molar-refractivity contribution is 0.0795. The molecule has 2 N–H and O–H groups in total. The van der Waals surface area contributed by atoms with Crippen LogP contribution < -0.4 is 14.4 Å². The van der Waals surface area contributed by atoms with Gasteiger partial charge in [0.25, 0.3) is 0 Å². The van der Waals surface area contributed by atoms with Gasteiger partial charge in [0, 0.05) is 31.9 Å². The fourth-order valence-electron chi connectivity index (χ4n) is 4.87. The van der Waals surface area contributed by atoms with Gasteiger partial charge in [0.1, 0.15) is 29.1 Å². The van der Waals surface area contributed by atoms with Crippen LogP contribution in [0.25, 0.3) is 11.0 Å². The van der Waals surface area contributed by atoms with Gasteiger partial charge < -0.3 is 29.2 Å². The second kappa shape index (κ2) is 7.55. The molecule has 0 amide bonds. The number of anilines is 1. The summed E-state index contributed by atoms with van der Waals surface area (Å²) in [6, 6.07) is 13.5. The highest BCUT2D eigenvalue weighted by molar-refractivity contribution is 6.07. The highest BCUT2D eigenvalue weighted by Crippen LogP contribution is 2.48. The first-order valence-electron chi connectivity index (χ1n) is 10.3. The number of rotatable bonds is 4. The highest BCUT2D eigenvalue weighted by atomic mass is 16.5. The van der Waals surface area contributed by atoms with Crippen molar-refractivity contribution in [1.82, 2.24) is 9.97 Å². The Kier molecular flexibility index (Phi) is 4.83. The molecule has 1 aromatic heterocycles. The lowest BCUT2D eigenvalue weighted by atomic mass is 9.87. The van der Waals surface area contributed by atoms with E-state index in [9.17, 15) is 5.11 Å². The number of para-hydroxylation sites is 2. The van der Waals surface area contributed by atoms with Crippen LogP contribution in [-0.4, -0.2) is 67.0 Å². The van der Waals surface area contributed by atoms with Crippen LogP contribution in [0.4, 0.5) is 5.69 Å². The molecule has 3 heterocycles. The van der Waals surface area contributed by atoms with Gasteiger partial charge >= 0.3 is 0 Å². The summed E-state index contributed by atoms with van der Waals surface area (Å²) in [6.45, 7) is 0.960. The molecule has 0 saturated carbocycles. The van der Waals surface area contributed by atoms with E-state index in [2.05, 4.69) is 14.9 Å². The summed E-state index contributed by atoms with van der Waals surface area (Å²) >= 11 is 0. The number of aliphatic imine (C=N–C) groups is 1. The lowest BCUT2D eigenvalue weighted by Gasteiger charge is -2.37. The number of methoxy groups -OCH3 is 2. The van der Waals surface area contributed by atoms with E-state index in [0.717, 1.165) is 22.6 Å². The molecule has 3 unspecified atom stereocenters. The molecular formula is C23H26N4O4. The van der Waals surface area contributed by atoms with Crippen molar-refractivity contribution >= 4 is 22.6 Å². The smallest absolute Gasteiger partial charge is 0.124 e. The Bertz CT molecular complexity index is 1080. The Balaban J connectivity index is 1.68. The number of amidine groups is 1. The zero-order valence-electron chi connectivity index (χ0n) is 17.8. The fraction of sp³-hybridized carbons (Fsp3) is 0.391. The molecule has 2 aromatic carbocycles. The minimum Gasteiger partial charge on any atom is -0.497 e. The Labute approximate surface area is 180 Å². The molecule has 5 rings (SSSR count). The zero-order chi connectivity index (χ0) is 21.6. The molecule has 0 aliphatic carbocycles. The lowest BCUT2D eigenvalue weighted by Crippen LogP contribution is -2.52. The number of aliphatic hydroxyl groups excluding tert-OH is 1. The van der Waals surface area contributed by atoms with Gasteiger partial charge in [-0.3, -0.25) is 4.99 Å². The molecule has 2 aliphatic rings. The van der Waals surface area contributed by atoms with Crippen LogP contribution in [-0.2, 0) is 4.74 Å². The third-order valence-electron chi connectivity index (χ3n) is 6.38. The molecule has 8 nitrogen and oxygen atoms in total. The van der Waals surface area contributed by atoms with Gasteiger partial charge in [0.2, 0.25) is 0 Å². The standard InChI is InChI=1S/C23H26N4O4/c1-24-22-19(21-25-17-6-4-5-7-18(17)26-21)20(28)23(8-9-31-13-23)27(22)14-10-15(29-2)12-16(11-14)30-3/h4-7,10-12,19-20,28H,8-9,13H2,1-3H3,(H,25,26). The quantitative estimate of drug-likeness (QED) is 0.672. The van der Waals surface area contributed by atoms with E-state index in [4.69, 9.17) is 19.2 Å². The van der Waals surface area contributed by atoms with Gasteiger partial charge in [-0.05, 0) is 18.6 Å². The zero-order valence-corrected chi connectivity index (χ0v) is 17.8. The van der Waals surface area contributed by atoms with Crippen molar-refractivity contribution < 1.29 is 19.3 Å². The maximum absolute atomic E-state index is 11.7. The van der Waals surface area contributed by atoms with E-state index in [1.165, 1.54) is 0 Å². The summed E-state index contributed by atoms with van der Waals surface area (Å²) in [6.07, 6.45) is -0.0878. The van der Waals surface area contributed by atoms with Crippen LogP contribution >= 0.6 is 0 Å². The second-order valence-electron chi connectivity index (χ2n) is 7.96. The SMILES string of the molecule is CN=C1C(c2nc3ccccc3[nH]2)C(O)C2(CCOC2)N1c1cc(OC)cc(OC)c1. The van der Waals surface area contributed by atoms with Crippen LogP contribution in [0.2, 0.25) is 0 Å². The van der Waals surface area contributed by atoms with E-state index in [1.807, 2.05) is 42.5 Å². The average Bonchev–Trinajstić information content (AvgIpc) is 3.50. The number of fused-ring (bicyclic) bond motifs is 1. The maximum Gasteiger partial charge on any atom is 0.124 e. The molecule has 2 aliphatic heterocycles. The predicted octanol–water partition coefficient (Wildman–Crippen LogP) is 2.73. The maximum atomic E-state index is 11.7. The van der Waals surface area contributed by atoms with Gasteiger partial charge in [-0.2, -0.15) is 0 Å². The topological polar surface area (TPSA) is 92.2 Å². The van der Waals surface area contributed by atoms with Crippen molar-refractivity contribution in [1.29, 1.82) is 0 Å². The molecule has 2 saturated heterocycles. The summed E-state index contributed by atoms with van der Waals surface area (Å²) in [5.41, 5.74) is 1.97. The summed E-state index contributed by atoms with van der Waals surface area (Å²) < 4.78 is 16.8. The molecule has 162 valence electrons. The summed E-state index contributed by atoms with van der Waals surface area (Å²) in [5.74, 6) is 2.34. The van der Waals surface area contributed by atoms with E-state index < -0.39 is 17.6 Å². The Morgan fingerprint density at radius 3 is 2.55 bits per heavy atom. The van der Waals surface area contributed by atoms with Gasteiger partial charge in [-0.15, -0.1) is 0 Å². The Morgan fingerprint density at radius 1 is 1.19 bits per heavy atom. The van der Waals surface area contributed by atoms with Gasteiger partial charge in [0.05, 0.1) is 49.2 Å². The first-order valence-corrected chi connectivity index (χ1v) is 10.3. The van der Waals surface area contributed by atoms with Crippen LogP contribution in [0.5, 0.6) is 11.5 Å². The summed E-state index contributed by atoms with van der Waals surface area (Å²) in [5, 5.41) is 11.7. The molecule has 3 atom stereocenters. The number of ether oxygens (including phenoxy) is 3. The van der Waals surface area contributed by atoms with Gasteiger partial charge in [-0.1, -0.05) is 12.1 Å². The first kappa shape index (κ1) is 19.8. The number of aliphatic hydroxyl groups is 1. The van der Waals surface area contributed by atoms with Crippen LogP contribution in [0, 0.1) is 0 Å². The Hall–Kier alpha value is -3.10. The summed E-state index contributed by atoms with van der Waals surface area (Å²) in [7, 11) is 4.99. The number of nitrogens with zero attached hydrogens (tertiary/aromatic N) is 3. The van der Waals surface area contributed by atoms with Crippen molar-refractivity contribution in [2.24, 2.45) is 4.99 Å². The highest BCUT2D eigenvalue weighted by Gasteiger charge is 2.60. The van der Waals surface area contributed by atoms with Gasteiger partial charge in [-0.25, -0.2) is 4.98 Å². The molecule has 2 fully saturated rings. The Morgan fingerprint density at radius 2 is 1.94 bits per heavy atom. The number of benzene rings is 2. The van der Waals surface area contributed by atoms with Crippen molar-refractivity contribution in [2.75, 3.05) is 39.4 Å². The van der Waals surface area contributed by atoms with Crippen LogP contribution in [0.3, 0.4) is 0 Å². The molecule has 3 aromatic rings. The summed E-state index contributed by atoms with van der Waals surface area (Å²) in [4.78, 5) is 14.9. The largest absolute Gasteiger partial charge is 0.497 e. The number of hydrogen-bond acceptors (Lipinski definition) is 6. The van der Waals surface area contributed by atoms with E-state index in [1.54, 1.807) is 21.3 Å². The monoisotopic (exact) mass is 422 g/mol. The third-order valence-corrected chi connectivity index (χ3v) is 6.38. The number of nitrogens with one attached hydrogen (secondary N) is 1. The minimum absolute atomic E-state index is 0.392. The predicted molar refractivity (Wildman–Crippen MR) is 118 cm³/mol. The normalized spacial score (nSPS) is 27.0. The molecular weight excluding hydrogens is 396 g/mol. The van der Waals surface area contributed by atoms with E-state index in [-0.39, 0.29) is 0 Å². The van der Waals surface area contributed by atoms with Crippen molar-refractivity contribution in [3.8, 4) is 11.5 Å². The third kappa shape index (κ3) is 2.97. The molecule has 0 bridgehead atoms. The number of aromatic amines is 1. The molecule has 31 heavy (non-hydrogen) atoms. The number of imidazole rings is 1. The fourth-order valence-corrected chi connectivity index (χ4v) is 4.87. The van der Waals surface area contributed by atoms with Crippen LogP contribution in [0.15, 0.2) is 47.5 Å². The molecule has 8 heteroatoms. The van der Waals surface area contributed by atoms with Crippen molar-refractivity contribution in [2.45, 2.75) is 24.0 Å². The van der Waals surface area contributed by atoms with Crippen LogP contribution in [0.1, 0.15) is 18.2 Å². The molecule has 1 spiro atoms. The minimum atomic E-state index is -0.758.